The Morgan fingerprint density at radius 1 is 1.10 bits per heavy atom. The van der Waals surface area contributed by atoms with Crippen LogP contribution in [0.15, 0.2) is 60.9 Å². The van der Waals surface area contributed by atoms with Gasteiger partial charge in [0.05, 0.1) is 18.9 Å². The lowest BCUT2D eigenvalue weighted by Gasteiger charge is -2.33. The van der Waals surface area contributed by atoms with E-state index >= 15 is 0 Å². The van der Waals surface area contributed by atoms with Crippen molar-refractivity contribution < 1.29 is 9.53 Å². The maximum absolute atomic E-state index is 12.9. The molecule has 30 heavy (non-hydrogen) atoms. The summed E-state index contributed by atoms with van der Waals surface area (Å²) in [4.78, 5) is 28.1. The number of hydrogen-bond donors (Lipinski definition) is 0. The number of pyridine rings is 1. The first kappa shape index (κ1) is 20.2. The first-order valence-corrected chi connectivity index (χ1v) is 10.3. The fraction of sp³-hybridized carbons (Fsp3) is 0.333. The Balaban J connectivity index is 1.47. The lowest BCUT2D eigenvalue weighted by atomic mass is 9.92. The number of amides is 1. The first-order chi connectivity index (χ1) is 14.7. The van der Waals surface area contributed by atoms with E-state index in [0.29, 0.717) is 25.5 Å². The molecule has 1 fully saturated rings. The summed E-state index contributed by atoms with van der Waals surface area (Å²) in [5.74, 6) is 0.890. The molecule has 1 aliphatic rings. The van der Waals surface area contributed by atoms with Gasteiger partial charge in [0.25, 0.3) is 5.91 Å². The van der Waals surface area contributed by atoms with E-state index in [1.165, 1.54) is 0 Å². The van der Waals surface area contributed by atoms with Crippen LogP contribution in [0.3, 0.4) is 0 Å². The van der Waals surface area contributed by atoms with Crippen LogP contribution in [0.4, 0.5) is 0 Å². The van der Waals surface area contributed by atoms with Crippen molar-refractivity contribution in [1.82, 2.24) is 19.9 Å². The van der Waals surface area contributed by atoms with Crippen LogP contribution >= 0.6 is 0 Å². The second-order valence-corrected chi connectivity index (χ2v) is 7.61. The number of benzene rings is 1. The molecule has 3 aromatic rings. The van der Waals surface area contributed by atoms with Crippen molar-refractivity contribution in [3.8, 4) is 0 Å². The summed E-state index contributed by atoms with van der Waals surface area (Å²) in [6, 6.07) is 15.5. The van der Waals surface area contributed by atoms with Crippen molar-refractivity contribution in [2.24, 2.45) is 0 Å². The molecule has 1 aromatic carbocycles. The lowest BCUT2D eigenvalue weighted by Crippen LogP contribution is -2.40. The molecule has 0 N–H and O–H groups in total. The van der Waals surface area contributed by atoms with Crippen LogP contribution in [0.5, 0.6) is 0 Å². The van der Waals surface area contributed by atoms with Crippen molar-refractivity contribution >= 4 is 5.91 Å². The highest BCUT2D eigenvalue weighted by Gasteiger charge is 2.28. The third-order valence-electron chi connectivity index (χ3n) is 5.37. The molecule has 1 unspecified atom stereocenters. The Kier molecular flexibility index (Phi) is 6.44. The summed E-state index contributed by atoms with van der Waals surface area (Å²) in [5.41, 5.74) is 3.61. The van der Waals surface area contributed by atoms with E-state index in [9.17, 15) is 4.79 Å². The SMILES string of the molecule is Cc1ncc(COCc2ccccc2)c(C2CCCN(C(=O)c3ccccn3)C2)n1. The van der Waals surface area contributed by atoms with E-state index in [1.807, 2.05) is 48.4 Å². The zero-order chi connectivity index (χ0) is 20.8. The van der Waals surface area contributed by atoms with Gasteiger partial charge in [0, 0.05) is 37.0 Å². The normalized spacial score (nSPS) is 16.4. The number of hydrogen-bond acceptors (Lipinski definition) is 5. The minimum atomic E-state index is -0.0204. The van der Waals surface area contributed by atoms with E-state index in [0.717, 1.165) is 42.0 Å². The van der Waals surface area contributed by atoms with Crippen molar-refractivity contribution in [3.63, 3.8) is 0 Å². The standard InChI is InChI=1S/C24H26N4O2/c1-18-26-14-21(17-30-16-19-8-3-2-4-9-19)23(27-18)20-10-7-13-28(15-20)24(29)22-11-5-6-12-25-22/h2-6,8-9,11-12,14,20H,7,10,13,15-17H2,1H3. The van der Waals surface area contributed by atoms with Crippen molar-refractivity contribution in [3.05, 3.63) is 89.3 Å². The lowest BCUT2D eigenvalue weighted by molar-refractivity contribution is 0.0697. The number of aryl methyl sites for hydroxylation is 1. The zero-order valence-electron chi connectivity index (χ0n) is 17.2. The molecule has 1 aliphatic heterocycles. The van der Waals surface area contributed by atoms with Crippen LogP contribution in [-0.2, 0) is 18.0 Å². The molecule has 0 radical (unpaired) electrons. The zero-order valence-corrected chi connectivity index (χ0v) is 17.2. The van der Waals surface area contributed by atoms with Gasteiger partial charge in [-0.3, -0.25) is 9.78 Å². The van der Waals surface area contributed by atoms with Gasteiger partial charge in [-0.05, 0) is 37.5 Å². The number of carbonyl (C=O) groups excluding carboxylic acids is 1. The van der Waals surface area contributed by atoms with Gasteiger partial charge in [0.15, 0.2) is 0 Å². The van der Waals surface area contributed by atoms with Crippen molar-refractivity contribution in [2.45, 2.75) is 38.9 Å². The Morgan fingerprint density at radius 2 is 1.93 bits per heavy atom. The Labute approximate surface area is 177 Å². The molecule has 154 valence electrons. The van der Waals surface area contributed by atoms with Gasteiger partial charge in [-0.25, -0.2) is 9.97 Å². The maximum Gasteiger partial charge on any atom is 0.272 e. The Morgan fingerprint density at radius 3 is 2.73 bits per heavy atom. The van der Waals surface area contributed by atoms with Crippen LogP contribution < -0.4 is 0 Å². The second-order valence-electron chi connectivity index (χ2n) is 7.61. The molecule has 6 heteroatoms. The van der Waals surface area contributed by atoms with Crippen LogP contribution in [0.25, 0.3) is 0 Å². The van der Waals surface area contributed by atoms with Gasteiger partial charge in [-0.1, -0.05) is 36.4 Å². The average molecular weight is 402 g/mol. The largest absolute Gasteiger partial charge is 0.372 e. The molecular formula is C24H26N4O2. The Bertz CT molecular complexity index is 979. The second kappa shape index (κ2) is 9.59. The molecule has 0 saturated carbocycles. The molecule has 1 atom stereocenters. The van der Waals surface area contributed by atoms with Gasteiger partial charge in [0.1, 0.15) is 11.5 Å². The van der Waals surface area contributed by atoms with E-state index in [4.69, 9.17) is 9.72 Å². The fourth-order valence-corrected chi connectivity index (χ4v) is 3.87. The monoisotopic (exact) mass is 402 g/mol. The molecule has 1 amide bonds. The van der Waals surface area contributed by atoms with E-state index < -0.39 is 0 Å². The van der Waals surface area contributed by atoms with Gasteiger partial charge >= 0.3 is 0 Å². The molecule has 0 bridgehead atoms. The summed E-state index contributed by atoms with van der Waals surface area (Å²) in [5, 5.41) is 0. The van der Waals surface area contributed by atoms with E-state index in [2.05, 4.69) is 22.1 Å². The average Bonchev–Trinajstić information content (AvgIpc) is 2.81. The topological polar surface area (TPSA) is 68.2 Å². The number of aromatic nitrogens is 3. The molecule has 6 nitrogen and oxygen atoms in total. The van der Waals surface area contributed by atoms with Crippen molar-refractivity contribution in [1.29, 1.82) is 0 Å². The van der Waals surface area contributed by atoms with Crippen LogP contribution in [-0.4, -0.2) is 38.8 Å². The van der Waals surface area contributed by atoms with Gasteiger partial charge < -0.3 is 9.64 Å². The molecule has 0 aliphatic carbocycles. The third kappa shape index (κ3) is 4.89. The summed E-state index contributed by atoms with van der Waals surface area (Å²) < 4.78 is 5.95. The number of nitrogens with zero attached hydrogens (tertiary/aromatic N) is 4. The van der Waals surface area contributed by atoms with Crippen LogP contribution in [0.2, 0.25) is 0 Å². The molecule has 2 aromatic heterocycles. The van der Waals surface area contributed by atoms with E-state index in [1.54, 1.807) is 12.3 Å². The van der Waals surface area contributed by atoms with Gasteiger partial charge in [0.2, 0.25) is 0 Å². The first-order valence-electron chi connectivity index (χ1n) is 10.3. The Hall–Kier alpha value is -3.12. The minimum Gasteiger partial charge on any atom is -0.372 e. The quantitative estimate of drug-likeness (QED) is 0.625. The fourth-order valence-electron chi connectivity index (χ4n) is 3.87. The van der Waals surface area contributed by atoms with Crippen molar-refractivity contribution in [2.75, 3.05) is 13.1 Å². The summed E-state index contributed by atoms with van der Waals surface area (Å²) >= 11 is 0. The number of piperidine rings is 1. The summed E-state index contributed by atoms with van der Waals surface area (Å²) in [6.45, 7) is 4.28. The summed E-state index contributed by atoms with van der Waals surface area (Å²) in [7, 11) is 0. The third-order valence-corrected chi connectivity index (χ3v) is 5.37. The highest BCUT2D eigenvalue weighted by molar-refractivity contribution is 5.92. The van der Waals surface area contributed by atoms with Gasteiger partial charge in [-0.2, -0.15) is 0 Å². The highest BCUT2D eigenvalue weighted by Crippen LogP contribution is 2.29. The van der Waals surface area contributed by atoms with Crippen LogP contribution in [0.1, 0.15) is 51.9 Å². The molecular weight excluding hydrogens is 376 g/mol. The molecule has 0 spiro atoms. The molecule has 1 saturated heterocycles. The number of likely N-dealkylation sites (tertiary alicyclic amines) is 1. The predicted molar refractivity (Wildman–Crippen MR) is 114 cm³/mol. The van der Waals surface area contributed by atoms with E-state index in [-0.39, 0.29) is 11.8 Å². The van der Waals surface area contributed by atoms with Crippen LogP contribution in [0, 0.1) is 6.92 Å². The summed E-state index contributed by atoms with van der Waals surface area (Å²) in [6.07, 6.45) is 5.46. The molecule has 3 heterocycles. The number of ether oxygens (including phenoxy) is 1. The maximum atomic E-state index is 12.9. The number of rotatable bonds is 6. The predicted octanol–water partition coefficient (Wildman–Crippen LogP) is 3.92. The minimum absolute atomic E-state index is 0.0204. The smallest absolute Gasteiger partial charge is 0.272 e. The number of carbonyl (C=O) groups is 1. The molecule has 4 rings (SSSR count). The van der Waals surface area contributed by atoms with Gasteiger partial charge in [-0.15, -0.1) is 0 Å². The highest BCUT2D eigenvalue weighted by atomic mass is 16.5.